The number of aliphatic hydroxyl groups is 1. The molecular formula is C13H19NO3. The van der Waals surface area contributed by atoms with Crippen molar-refractivity contribution < 1.29 is 15.0 Å². The van der Waals surface area contributed by atoms with Crippen LogP contribution in [0.4, 0.5) is 0 Å². The fourth-order valence-electron chi connectivity index (χ4n) is 1.64. The van der Waals surface area contributed by atoms with Gasteiger partial charge in [0.2, 0.25) is 0 Å². The number of aromatic hydroxyl groups is 1. The second kappa shape index (κ2) is 6.25. The largest absolute Gasteiger partial charge is 0.508 e. The molecule has 0 aliphatic carbocycles. The van der Waals surface area contributed by atoms with E-state index in [9.17, 15) is 15.0 Å². The molecule has 4 nitrogen and oxygen atoms in total. The summed E-state index contributed by atoms with van der Waals surface area (Å²) in [7, 11) is 0. The zero-order chi connectivity index (χ0) is 12.8. The summed E-state index contributed by atoms with van der Waals surface area (Å²) in [6.07, 6.45) is 1.03. The van der Waals surface area contributed by atoms with Crippen LogP contribution in [0.25, 0.3) is 0 Å². The summed E-state index contributed by atoms with van der Waals surface area (Å²) in [5.41, 5.74) is 1.23. The lowest BCUT2D eigenvalue weighted by atomic mass is 10.1. The molecule has 1 atom stereocenters. The Morgan fingerprint density at radius 1 is 1.41 bits per heavy atom. The quantitative estimate of drug-likeness (QED) is 0.728. The van der Waals surface area contributed by atoms with Gasteiger partial charge in [0.25, 0.3) is 5.91 Å². The summed E-state index contributed by atoms with van der Waals surface area (Å²) >= 11 is 0. The van der Waals surface area contributed by atoms with Gasteiger partial charge in [-0.05, 0) is 37.1 Å². The van der Waals surface area contributed by atoms with Crippen LogP contribution in [0.15, 0.2) is 18.2 Å². The number of aliphatic hydroxyl groups excluding tert-OH is 1. The first-order chi connectivity index (χ1) is 8.02. The molecule has 0 heterocycles. The predicted molar refractivity (Wildman–Crippen MR) is 66.1 cm³/mol. The van der Waals surface area contributed by atoms with E-state index in [1.54, 1.807) is 12.1 Å². The number of rotatable bonds is 5. The Kier molecular flexibility index (Phi) is 4.97. The Hall–Kier alpha value is -1.55. The lowest BCUT2D eigenvalue weighted by molar-refractivity contribution is 0.0909. The first-order valence-corrected chi connectivity index (χ1v) is 5.80. The molecule has 0 aromatic heterocycles. The first kappa shape index (κ1) is 13.5. The van der Waals surface area contributed by atoms with E-state index in [0.717, 1.165) is 12.0 Å². The van der Waals surface area contributed by atoms with Crippen LogP contribution >= 0.6 is 0 Å². The van der Waals surface area contributed by atoms with Crippen molar-refractivity contribution in [1.82, 2.24) is 5.32 Å². The monoisotopic (exact) mass is 237 g/mol. The minimum Gasteiger partial charge on any atom is -0.508 e. The number of nitrogens with one attached hydrogen (secondary N) is 1. The van der Waals surface area contributed by atoms with Gasteiger partial charge in [-0.3, -0.25) is 4.79 Å². The zero-order valence-corrected chi connectivity index (χ0v) is 10.2. The summed E-state index contributed by atoms with van der Waals surface area (Å²) in [6.45, 7) is 4.02. The lowest BCUT2D eigenvalue weighted by Gasteiger charge is -2.11. The van der Waals surface area contributed by atoms with E-state index < -0.39 is 6.10 Å². The van der Waals surface area contributed by atoms with Crippen LogP contribution in [0.5, 0.6) is 5.75 Å². The summed E-state index contributed by atoms with van der Waals surface area (Å²) < 4.78 is 0. The van der Waals surface area contributed by atoms with E-state index in [0.29, 0.717) is 12.0 Å². The van der Waals surface area contributed by atoms with Crippen LogP contribution < -0.4 is 5.32 Å². The molecule has 1 unspecified atom stereocenters. The number of aryl methyl sites for hydroxylation is 1. The van der Waals surface area contributed by atoms with Crippen molar-refractivity contribution in [3.63, 3.8) is 0 Å². The number of carbonyl (C=O) groups excluding carboxylic acids is 1. The standard InChI is InChI=1S/C13H19NO3/c1-3-4-11(15)8-14-13(17)10-5-9(2)6-12(16)7-10/h5-7,11,15-16H,3-4,8H2,1-2H3,(H,14,17). The highest BCUT2D eigenvalue weighted by Crippen LogP contribution is 2.14. The molecule has 0 saturated carbocycles. The third kappa shape index (κ3) is 4.44. The Bertz CT molecular complexity index is 370. The zero-order valence-electron chi connectivity index (χ0n) is 10.2. The predicted octanol–water partition coefficient (Wildman–Crippen LogP) is 1.59. The van der Waals surface area contributed by atoms with Crippen molar-refractivity contribution >= 4 is 5.91 Å². The van der Waals surface area contributed by atoms with Gasteiger partial charge in [0.1, 0.15) is 5.75 Å². The molecule has 17 heavy (non-hydrogen) atoms. The van der Waals surface area contributed by atoms with Gasteiger partial charge < -0.3 is 15.5 Å². The van der Waals surface area contributed by atoms with Crippen LogP contribution in [0.2, 0.25) is 0 Å². The molecule has 0 aliphatic heterocycles. The average molecular weight is 237 g/mol. The number of carbonyl (C=O) groups is 1. The summed E-state index contributed by atoms with van der Waals surface area (Å²) in [6, 6.07) is 4.69. The molecule has 1 amide bonds. The van der Waals surface area contributed by atoms with Gasteiger partial charge in [0.15, 0.2) is 0 Å². The fraction of sp³-hybridized carbons (Fsp3) is 0.462. The maximum atomic E-state index is 11.7. The van der Waals surface area contributed by atoms with Crippen molar-refractivity contribution in [2.75, 3.05) is 6.54 Å². The molecule has 1 rings (SSSR count). The molecule has 0 saturated heterocycles. The normalized spacial score (nSPS) is 12.2. The van der Waals surface area contributed by atoms with Crippen molar-refractivity contribution in [2.24, 2.45) is 0 Å². The highest BCUT2D eigenvalue weighted by atomic mass is 16.3. The molecule has 94 valence electrons. The van der Waals surface area contributed by atoms with E-state index in [-0.39, 0.29) is 18.2 Å². The van der Waals surface area contributed by atoms with Crippen LogP contribution in [0, 0.1) is 6.92 Å². The van der Waals surface area contributed by atoms with Gasteiger partial charge in [0.05, 0.1) is 6.10 Å². The van der Waals surface area contributed by atoms with Crippen molar-refractivity contribution in [3.05, 3.63) is 29.3 Å². The Balaban J connectivity index is 2.58. The smallest absolute Gasteiger partial charge is 0.251 e. The van der Waals surface area contributed by atoms with Gasteiger partial charge in [0, 0.05) is 12.1 Å². The summed E-state index contributed by atoms with van der Waals surface area (Å²) in [4.78, 5) is 11.7. The Morgan fingerprint density at radius 3 is 2.71 bits per heavy atom. The number of hydrogen-bond acceptors (Lipinski definition) is 3. The molecular weight excluding hydrogens is 218 g/mol. The molecule has 1 aromatic carbocycles. The Labute approximate surface area is 101 Å². The van der Waals surface area contributed by atoms with Gasteiger partial charge in [-0.25, -0.2) is 0 Å². The van der Waals surface area contributed by atoms with Crippen molar-refractivity contribution in [3.8, 4) is 5.75 Å². The van der Waals surface area contributed by atoms with Gasteiger partial charge >= 0.3 is 0 Å². The van der Waals surface area contributed by atoms with Crippen molar-refractivity contribution in [1.29, 1.82) is 0 Å². The fourth-order valence-corrected chi connectivity index (χ4v) is 1.64. The minimum atomic E-state index is -0.512. The topological polar surface area (TPSA) is 69.6 Å². The molecule has 0 spiro atoms. The maximum Gasteiger partial charge on any atom is 0.251 e. The molecule has 3 N–H and O–H groups in total. The van der Waals surface area contributed by atoms with Crippen LogP contribution in [-0.2, 0) is 0 Å². The van der Waals surface area contributed by atoms with Gasteiger partial charge in [-0.1, -0.05) is 13.3 Å². The summed E-state index contributed by atoms with van der Waals surface area (Å²) in [5.74, 6) is -0.205. The number of hydrogen-bond donors (Lipinski definition) is 3. The highest BCUT2D eigenvalue weighted by Gasteiger charge is 2.09. The van der Waals surface area contributed by atoms with Crippen LogP contribution in [0.3, 0.4) is 0 Å². The molecule has 4 heteroatoms. The second-order valence-corrected chi connectivity index (χ2v) is 4.21. The maximum absolute atomic E-state index is 11.7. The molecule has 0 bridgehead atoms. The van der Waals surface area contributed by atoms with E-state index in [1.165, 1.54) is 6.07 Å². The lowest BCUT2D eigenvalue weighted by Crippen LogP contribution is -2.32. The summed E-state index contributed by atoms with van der Waals surface area (Å²) in [5, 5.41) is 21.5. The molecule has 1 aromatic rings. The van der Waals surface area contributed by atoms with Crippen molar-refractivity contribution in [2.45, 2.75) is 32.8 Å². The molecule has 0 fully saturated rings. The minimum absolute atomic E-state index is 0.0734. The SMILES string of the molecule is CCCC(O)CNC(=O)c1cc(C)cc(O)c1. The Morgan fingerprint density at radius 2 is 2.12 bits per heavy atom. The number of amides is 1. The van der Waals surface area contributed by atoms with Crippen LogP contribution in [-0.4, -0.2) is 28.8 Å². The highest BCUT2D eigenvalue weighted by molar-refractivity contribution is 5.94. The average Bonchev–Trinajstić information content (AvgIpc) is 2.25. The number of benzene rings is 1. The first-order valence-electron chi connectivity index (χ1n) is 5.80. The van der Waals surface area contributed by atoms with Gasteiger partial charge in [-0.15, -0.1) is 0 Å². The van der Waals surface area contributed by atoms with Crippen LogP contribution in [0.1, 0.15) is 35.7 Å². The van der Waals surface area contributed by atoms with E-state index in [4.69, 9.17) is 0 Å². The van der Waals surface area contributed by atoms with E-state index >= 15 is 0 Å². The molecule has 0 aliphatic rings. The molecule has 0 radical (unpaired) electrons. The number of phenolic OH excluding ortho intramolecular Hbond substituents is 1. The number of phenols is 1. The van der Waals surface area contributed by atoms with Gasteiger partial charge in [-0.2, -0.15) is 0 Å². The third-order valence-electron chi connectivity index (χ3n) is 2.44. The second-order valence-electron chi connectivity index (χ2n) is 4.21. The third-order valence-corrected chi connectivity index (χ3v) is 2.44. The van der Waals surface area contributed by atoms with E-state index in [2.05, 4.69) is 5.32 Å². The van der Waals surface area contributed by atoms with E-state index in [1.807, 2.05) is 13.8 Å².